The molecular weight excluding hydrogens is 260 g/mol. The Balaban J connectivity index is 2.68. The van der Waals surface area contributed by atoms with Crippen LogP contribution in [-0.4, -0.2) is 22.1 Å². The molecule has 0 saturated carbocycles. The van der Waals surface area contributed by atoms with Crippen molar-refractivity contribution in [2.45, 2.75) is 58.9 Å². The lowest BCUT2D eigenvalue weighted by Crippen LogP contribution is -2.29. The summed E-state index contributed by atoms with van der Waals surface area (Å²) in [5.74, 6) is -0.172. The molecule has 0 bridgehead atoms. The molecule has 4 nitrogen and oxygen atoms in total. The number of aliphatic carboxylic acids is 1. The second-order valence-electron chi connectivity index (χ2n) is 5.76. The molecule has 1 heterocycles. The Labute approximate surface area is 119 Å². The molecule has 0 radical (unpaired) electrons. The van der Waals surface area contributed by atoms with E-state index in [9.17, 15) is 9.90 Å². The van der Waals surface area contributed by atoms with Gasteiger partial charge in [-0.2, -0.15) is 0 Å². The molecule has 1 rings (SSSR count). The van der Waals surface area contributed by atoms with Gasteiger partial charge < -0.3 is 10.4 Å². The molecule has 1 aromatic heterocycles. The number of nitrogens with zero attached hydrogens (tertiary/aromatic N) is 1. The van der Waals surface area contributed by atoms with Crippen molar-refractivity contribution in [1.82, 2.24) is 4.98 Å². The summed E-state index contributed by atoms with van der Waals surface area (Å²) < 4.78 is 0. The van der Waals surface area contributed by atoms with Gasteiger partial charge in [-0.3, -0.25) is 4.79 Å². The number of rotatable bonds is 7. The number of anilines is 1. The van der Waals surface area contributed by atoms with E-state index in [0.717, 1.165) is 11.6 Å². The summed E-state index contributed by atoms with van der Waals surface area (Å²) in [5, 5.41) is 15.2. The van der Waals surface area contributed by atoms with Gasteiger partial charge in [-0.15, -0.1) is 11.3 Å². The van der Waals surface area contributed by atoms with E-state index in [0.29, 0.717) is 17.7 Å². The van der Waals surface area contributed by atoms with E-state index in [2.05, 4.69) is 31.1 Å². The highest BCUT2D eigenvalue weighted by Gasteiger charge is 2.32. The number of thiazole rings is 1. The van der Waals surface area contributed by atoms with Crippen LogP contribution < -0.4 is 5.32 Å². The third-order valence-corrected chi connectivity index (χ3v) is 4.28. The van der Waals surface area contributed by atoms with Crippen molar-refractivity contribution >= 4 is 22.4 Å². The number of aromatic nitrogens is 1. The van der Waals surface area contributed by atoms with Crippen molar-refractivity contribution < 1.29 is 9.90 Å². The zero-order valence-corrected chi connectivity index (χ0v) is 13.2. The first-order chi connectivity index (χ1) is 8.77. The topological polar surface area (TPSA) is 62.2 Å². The molecule has 1 aromatic rings. The zero-order chi connectivity index (χ0) is 14.6. The largest absolute Gasteiger partial charge is 0.481 e. The average Bonchev–Trinajstić information content (AvgIpc) is 2.77. The molecule has 0 amide bonds. The van der Waals surface area contributed by atoms with E-state index in [1.54, 1.807) is 13.8 Å². The highest BCUT2D eigenvalue weighted by molar-refractivity contribution is 7.13. The van der Waals surface area contributed by atoms with Gasteiger partial charge in [-0.05, 0) is 33.1 Å². The van der Waals surface area contributed by atoms with E-state index in [1.165, 1.54) is 17.8 Å². The molecule has 0 saturated heterocycles. The van der Waals surface area contributed by atoms with Gasteiger partial charge in [0.05, 0.1) is 5.69 Å². The average molecular weight is 284 g/mol. The van der Waals surface area contributed by atoms with Crippen LogP contribution in [0.1, 0.15) is 53.2 Å². The summed E-state index contributed by atoms with van der Waals surface area (Å²) >= 11 is 1.47. The summed E-state index contributed by atoms with van der Waals surface area (Å²) in [6.45, 7) is 9.91. The second kappa shape index (κ2) is 6.37. The minimum Gasteiger partial charge on any atom is -0.481 e. The lowest BCUT2D eigenvalue weighted by Gasteiger charge is -2.17. The van der Waals surface area contributed by atoms with Crippen LogP contribution in [0.3, 0.4) is 0 Å². The molecule has 0 aliphatic rings. The predicted octanol–water partition coefficient (Wildman–Crippen LogP) is 3.74. The first-order valence-corrected chi connectivity index (χ1v) is 7.61. The predicted molar refractivity (Wildman–Crippen MR) is 79.9 cm³/mol. The monoisotopic (exact) mass is 284 g/mol. The van der Waals surface area contributed by atoms with E-state index in [4.69, 9.17) is 0 Å². The van der Waals surface area contributed by atoms with Gasteiger partial charge in [0.1, 0.15) is 5.41 Å². The van der Waals surface area contributed by atoms with Crippen LogP contribution >= 0.6 is 11.3 Å². The summed E-state index contributed by atoms with van der Waals surface area (Å²) in [6, 6.07) is 0.349. The number of carbonyl (C=O) groups is 1. The molecule has 0 aromatic carbocycles. The van der Waals surface area contributed by atoms with Crippen molar-refractivity contribution in [2.24, 2.45) is 5.92 Å². The van der Waals surface area contributed by atoms with Gasteiger partial charge in [-0.25, -0.2) is 4.98 Å². The van der Waals surface area contributed by atoms with Gasteiger partial charge in [0, 0.05) is 11.4 Å². The third kappa shape index (κ3) is 4.20. The van der Waals surface area contributed by atoms with E-state index >= 15 is 0 Å². The molecule has 19 heavy (non-hydrogen) atoms. The Bertz CT molecular complexity index is 429. The smallest absolute Gasteiger partial charge is 0.315 e. The number of carboxylic acids is 1. The van der Waals surface area contributed by atoms with Crippen LogP contribution in [0.15, 0.2) is 5.38 Å². The van der Waals surface area contributed by atoms with Crippen molar-refractivity contribution in [2.75, 3.05) is 5.32 Å². The Kier molecular flexibility index (Phi) is 5.35. The van der Waals surface area contributed by atoms with Gasteiger partial charge >= 0.3 is 5.97 Å². The van der Waals surface area contributed by atoms with Crippen LogP contribution in [0.4, 0.5) is 5.13 Å². The highest BCUT2D eigenvalue weighted by Crippen LogP contribution is 2.28. The summed E-state index contributed by atoms with van der Waals surface area (Å²) in [4.78, 5) is 15.6. The van der Waals surface area contributed by atoms with Crippen LogP contribution in [0.25, 0.3) is 0 Å². The fraction of sp³-hybridized carbons (Fsp3) is 0.714. The molecule has 108 valence electrons. The van der Waals surface area contributed by atoms with Gasteiger partial charge in [0.2, 0.25) is 0 Å². The summed E-state index contributed by atoms with van der Waals surface area (Å²) in [7, 11) is 0. The third-order valence-electron chi connectivity index (χ3n) is 3.50. The van der Waals surface area contributed by atoms with E-state index in [1.807, 2.05) is 5.38 Å². The molecule has 2 unspecified atom stereocenters. The van der Waals surface area contributed by atoms with Crippen molar-refractivity contribution in [3.05, 3.63) is 11.1 Å². The van der Waals surface area contributed by atoms with Crippen molar-refractivity contribution in [3.8, 4) is 0 Å². The molecule has 0 aliphatic heterocycles. The molecule has 2 N–H and O–H groups in total. The second-order valence-corrected chi connectivity index (χ2v) is 6.62. The zero-order valence-electron chi connectivity index (χ0n) is 12.4. The summed E-state index contributed by atoms with van der Waals surface area (Å²) in [6.07, 6.45) is 2.26. The minimum atomic E-state index is -0.934. The Morgan fingerprint density at radius 3 is 2.68 bits per heavy atom. The quantitative estimate of drug-likeness (QED) is 0.800. The molecular formula is C14H24N2O2S. The van der Waals surface area contributed by atoms with E-state index in [-0.39, 0.29) is 0 Å². The minimum absolute atomic E-state index is 0.349. The van der Waals surface area contributed by atoms with Gasteiger partial charge in [0.15, 0.2) is 5.13 Å². The lowest BCUT2D eigenvalue weighted by atomic mass is 9.90. The van der Waals surface area contributed by atoms with E-state index < -0.39 is 11.4 Å². The molecule has 0 spiro atoms. The van der Waals surface area contributed by atoms with Crippen LogP contribution in [-0.2, 0) is 10.2 Å². The number of hydrogen-bond donors (Lipinski definition) is 2. The Morgan fingerprint density at radius 2 is 2.16 bits per heavy atom. The number of nitrogens with one attached hydrogen (secondary N) is 1. The SMILES string of the molecule is CCC(C)CC(C)Nc1nc(C(C)(C)C(=O)O)cs1. The maximum Gasteiger partial charge on any atom is 0.315 e. The highest BCUT2D eigenvalue weighted by atomic mass is 32.1. The standard InChI is InChI=1S/C14H24N2O2S/c1-6-9(2)7-10(3)15-13-16-11(8-19-13)14(4,5)12(17)18/h8-10H,6-7H2,1-5H3,(H,15,16)(H,17,18). The van der Waals surface area contributed by atoms with Crippen molar-refractivity contribution in [1.29, 1.82) is 0 Å². The fourth-order valence-electron chi connectivity index (χ4n) is 1.78. The lowest BCUT2D eigenvalue weighted by molar-refractivity contribution is -0.142. The molecule has 2 atom stereocenters. The molecule has 0 aliphatic carbocycles. The van der Waals surface area contributed by atoms with Crippen LogP contribution in [0, 0.1) is 5.92 Å². The van der Waals surface area contributed by atoms with Gasteiger partial charge in [-0.1, -0.05) is 20.3 Å². The Morgan fingerprint density at radius 1 is 1.53 bits per heavy atom. The normalized spacial score (nSPS) is 15.0. The van der Waals surface area contributed by atoms with Gasteiger partial charge in [0.25, 0.3) is 0 Å². The first kappa shape index (κ1) is 16.0. The fourth-order valence-corrected chi connectivity index (χ4v) is 2.77. The maximum atomic E-state index is 11.2. The molecule has 5 heteroatoms. The first-order valence-electron chi connectivity index (χ1n) is 6.73. The number of carboxylic acid groups (broad SMARTS) is 1. The van der Waals surface area contributed by atoms with Crippen molar-refractivity contribution in [3.63, 3.8) is 0 Å². The van der Waals surface area contributed by atoms with Crippen LogP contribution in [0.5, 0.6) is 0 Å². The summed E-state index contributed by atoms with van der Waals surface area (Å²) in [5.41, 5.74) is -0.320. The molecule has 0 fully saturated rings. The number of hydrogen-bond acceptors (Lipinski definition) is 4. The van der Waals surface area contributed by atoms with Crippen LogP contribution in [0.2, 0.25) is 0 Å². The Hall–Kier alpha value is -1.10. The maximum absolute atomic E-state index is 11.2.